The van der Waals surface area contributed by atoms with Gasteiger partial charge < -0.3 is 15.4 Å². The molecule has 0 aromatic rings. The van der Waals surface area contributed by atoms with Crippen molar-refractivity contribution in [2.45, 2.75) is 12.1 Å². The van der Waals surface area contributed by atoms with E-state index >= 15 is 0 Å². The molecule has 12 heteroatoms. The van der Waals surface area contributed by atoms with Crippen LogP contribution >= 0.6 is 0 Å². The maximum atomic E-state index is 12.0. The molecule has 2 rings (SSSR count). The van der Waals surface area contributed by atoms with Gasteiger partial charge >= 0.3 is 46.0 Å². The summed E-state index contributed by atoms with van der Waals surface area (Å²) in [6.45, 7) is 0.0675. The maximum absolute atomic E-state index is 12.0. The minimum absolute atomic E-state index is 0. The van der Waals surface area contributed by atoms with Crippen LogP contribution in [-0.4, -0.2) is 96.8 Å². The van der Waals surface area contributed by atoms with Gasteiger partial charge in [-0.3, -0.25) is 9.35 Å². The van der Waals surface area contributed by atoms with Crippen LogP contribution < -0.4 is 5.73 Å². The van der Waals surface area contributed by atoms with Crippen molar-refractivity contribution in [3.63, 3.8) is 0 Å². The van der Waals surface area contributed by atoms with Gasteiger partial charge in [-0.05, 0) is 11.6 Å². The molecule has 0 spiro atoms. The van der Waals surface area contributed by atoms with E-state index in [1.165, 1.54) is 13.2 Å². The van der Waals surface area contributed by atoms with Crippen LogP contribution in [0.2, 0.25) is 0 Å². The van der Waals surface area contributed by atoms with E-state index in [1.54, 1.807) is 0 Å². The molecule has 2 unspecified atom stereocenters. The third-order valence-electron chi connectivity index (χ3n) is 3.00. The number of urea groups is 1. The summed E-state index contributed by atoms with van der Waals surface area (Å²) in [5.74, 6) is -0.765. The Hall–Kier alpha value is -0.690. The molecule has 114 valence electrons. The molecule has 2 bridgehead atoms. The zero-order chi connectivity index (χ0) is 15.1. The third-order valence-corrected chi connectivity index (χ3v) is 3.35. The second-order valence-electron chi connectivity index (χ2n) is 4.30. The average Bonchev–Trinajstić information content (AvgIpc) is 2.57. The van der Waals surface area contributed by atoms with Crippen molar-refractivity contribution in [3.8, 4) is 0 Å². The summed E-state index contributed by atoms with van der Waals surface area (Å²) >= 11 is 0. The molecule has 0 aromatic carbocycles. The van der Waals surface area contributed by atoms with Crippen molar-refractivity contribution >= 4 is 51.9 Å². The summed E-state index contributed by atoms with van der Waals surface area (Å²) in [6.07, 6.45) is 1.42. The molecule has 3 N–H and O–H groups in total. The number of amides is 3. The fourth-order valence-electron chi connectivity index (χ4n) is 2.23. The SMILES string of the molecule is COCC1=CC(C(N)=O)N2CC1N(OS(=O)(=O)O)C2=O.[NaH]. The Balaban J connectivity index is 0.00000220. The molecule has 2 aliphatic heterocycles. The zero-order valence-electron chi connectivity index (χ0n) is 10.4. The number of rotatable bonds is 5. The molecule has 10 nitrogen and oxygen atoms in total. The number of carbonyl (C=O) groups excluding carboxylic acids is 2. The molecular weight excluding hydrogens is 317 g/mol. The number of ether oxygens (including phenoxy) is 1. The molecular formula is C9H14N3NaO7S. The van der Waals surface area contributed by atoms with Gasteiger partial charge in [-0.2, -0.15) is 13.5 Å². The quantitative estimate of drug-likeness (QED) is 0.326. The number of fused-ring (bicyclic) bond motifs is 2. The van der Waals surface area contributed by atoms with Crippen LogP contribution in [0.25, 0.3) is 0 Å². The summed E-state index contributed by atoms with van der Waals surface area (Å²) < 4.78 is 39.4. The number of primary amides is 1. The van der Waals surface area contributed by atoms with E-state index in [4.69, 9.17) is 15.0 Å². The first-order valence-corrected chi connectivity index (χ1v) is 6.87. The number of carbonyl (C=O) groups is 2. The van der Waals surface area contributed by atoms with E-state index in [0.29, 0.717) is 10.6 Å². The van der Waals surface area contributed by atoms with Gasteiger partial charge in [0.25, 0.3) is 0 Å². The van der Waals surface area contributed by atoms with Gasteiger partial charge in [-0.25, -0.2) is 4.79 Å². The van der Waals surface area contributed by atoms with Gasteiger partial charge in [0, 0.05) is 7.11 Å². The normalized spacial score (nSPS) is 24.7. The van der Waals surface area contributed by atoms with E-state index in [-0.39, 0.29) is 42.7 Å². The molecule has 21 heavy (non-hydrogen) atoms. The summed E-state index contributed by atoms with van der Waals surface area (Å²) in [5, 5.41) is 0.489. The van der Waals surface area contributed by atoms with Crippen molar-refractivity contribution in [2.75, 3.05) is 20.3 Å². The molecule has 0 aromatic heterocycles. The zero-order valence-corrected chi connectivity index (χ0v) is 11.2. The van der Waals surface area contributed by atoms with Gasteiger partial charge in [0.1, 0.15) is 12.1 Å². The fraction of sp³-hybridized carbons (Fsp3) is 0.556. The average molecular weight is 331 g/mol. The van der Waals surface area contributed by atoms with Gasteiger partial charge in [-0.1, -0.05) is 0 Å². The number of nitrogens with zero attached hydrogens (tertiary/aromatic N) is 2. The van der Waals surface area contributed by atoms with Crippen LogP contribution in [0.1, 0.15) is 0 Å². The van der Waals surface area contributed by atoms with Crippen LogP contribution in [-0.2, 0) is 24.2 Å². The Kier molecular flexibility index (Phi) is 5.77. The number of methoxy groups -OCH3 is 1. The number of hydrogen-bond acceptors (Lipinski definition) is 6. The molecule has 1 saturated heterocycles. The second kappa shape index (κ2) is 6.60. The van der Waals surface area contributed by atoms with Crippen molar-refractivity contribution in [3.05, 3.63) is 11.6 Å². The van der Waals surface area contributed by atoms with Gasteiger partial charge in [0.05, 0.1) is 13.2 Å². The van der Waals surface area contributed by atoms with E-state index in [9.17, 15) is 18.0 Å². The predicted molar refractivity (Wildman–Crippen MR) is 70.5 cm³/mol. The summed E-state index contributed by atoms with van der Waals surface area (Å²) in [4.78, 5) is 24.4. The van der Waals surface area contributed by atoms with Crippen LogP contribution in [0, 0.1) is 0 Å². The fourth-order valence-corrected chi connectivity index (χ4v) is 2.61. The van der Waals surface area contributed by atoms with E-state index in [1.807, 2.05) is 0 Å². The molecule has 0 aliphatic carbocycles. The number of nitrogens with two attached hydrogens (primary N) is 1. The Labute approximate surface area is 143 Å². The molecule has 1 fully saturated rings. The number of hydroxylamine groups is 2. The van der Waals surface area contributed by atoms with Crippen molar-refractivity contribution in [2.24, 2.45) is 5.73 Å². The first-order valence-electron chi connectivity index (χ1n) is 5.50. The summed E-state index contributed by atoms with van der Waals surface area (Å²) in [5.41, 5.74) is 5.66. The Morgan fingerprint density at radius 2 is 2.19 bits per heavy atom. The summed E-state index contributed by atoms with van der Waals surface area (Å²) in [7, 11) is -3.46. The monoisotopic (exact) mass is 331 g/mol. The van der Waals surface area contributed by atoms with E-state index < -0.39 is 34.4 Å². The first kappa shape index (κ1) is 18.4. The van der Waals surface area contributed by atoms with Gasteiger partial charge in [0.15, 0.2) is 0 Å². The number of hydrogen-bond donors (Lipinski definition) is 2. The topological polar surface area (TPSA) is 139 Å². The van der Waals surface area contributed by atoms with Crippen molar-refractivity contribution in [1.82, 2.24) is 9.96 Å². The predicted octanol–water partition coefficient (Wildman–Crippen LogP) is -2.38. The molecule has 0 radical (unpaired) electrons. The Morgan fingerprint density at radius 3 is 2.67 bits per heavy atom. The second-order valence-corrected chi connectivity index (χ2v) is 5.31. The molecule has 2 aliphatic rings. The summed E-state index contributed by atoms with van der Waals surface area (Å²) in [6, 6.07) is -2.67. The molecule has 3 amide bonds. The van der Waals surface area contributed by atoms with Crippen LogP contribution in [0.3, 0.4) is 0 Å². The minimum atomic E-state index is -4.86. The van der Waals surface area contributed by atoms with Gasteiger partial charge in [-0.15, -0.1) is 4.28 Å². The third kappa shape index (κ3) is 3.74. The Morgan fingerprint density at radius 1 is 1.57 bits per heavy atom. The first-order chi connectivity index (χ1) is 9.24. The van der Waals surface area contributed by atoms with Gasteiger partial charge in [0.2, 0.25) is 5.91 Å². The van der Waals surface area contributed by atoms with Crippen molar-refractivity contribution < 1.29 is 31.6 Å². The molecule has 0 saturated carbocycles. The Bertz CT molecular complexity index is 578. The molecule has 2 atom stereocenters. The van der Waals surface area contributed by atoms with Crippen LogP contribution in [0.5, 0.6) is 0 Å². The van der Waals surface area contributed by atoms with E-state index in [2.05, 4.69) is 4.28 Å². The standard InChI is InChI=1S/C9H13N3O7S.Na.H/c1-18-4-5-2-6(8(10)13)11-3-7(5)12(9(11)14)19-20(15,16)17;;/h2,6-7H,3-4H2,1H3,(H2,10,13)(H,15,16,17);;. The molecule has 2 heterocycles. The van der Waals surface area contributed by atoms with Crippen LogP contribution in [0.4, 0.5) is 4.79 Å². The van der Waals surface area contributed by atoms with E-state index in [0.717, 1.165) is 4.90 Å². The van der Waals surface area contributed by atoms with Crippen LogP contribution in [0.15, 0.2) is 11.6 Å². The van der Waals surface area contributed by atoms with Crippen molar-refractivity contribution in [1.29, 1.82) is 0 Å².